The van der Waals surface area contributed by atoms with Crippen LogP contribution in [0.2, 0.25) is 0 Å². The van der Waals surface area contributed by atoms with Gasteiger partial charge in [0.25, 0.3) is 0 Å². The molecule has 1 aliphatic heterocycles. The van der Waals surface area contributed by atoms with Gasteiger partial charge in [-0.1, -0.05) is 12.1 Å². The summed E-state index contributed by atoms with van der Waals surface area (Å²) in [6.07, 6.45) is 8.31. The molecule has 1 heterocycles. The Morgan fingerprint density at radius 2 is 2.04 bits per heavy atom. The number of nitrogens with zero attached hydrogens (tertiary/aromatic N) is 2. The first-order chi connectivity index (χ1) is 12.2. The molecular weight excluding hydrogens is 308 g/mol. The number of aliphatic imine (C=N–C) groups is 1. The zero-order chi connectivity index (χ0) is 17.3. The Morgan fingerprint density at radius 1 is 1.28 bits per heavy atom. The summed E-state index contributed by atoms with van der Waals surface area (Å²) in [4.78, 5) is 6.94. The van der Waals surface area contributed by atoms with Gasteiger partial charge in [0.15, 0.2) is 5.96 Å². The van der Waals surface area contributed by atoms with E-state index in [1.165, 1.54) is 62.9 Å². The molecule has 2 N–H and O–H groups in total. The van der Waals surface area contributed by atoms with E-state index in [9.17, 15) is 0 Å². The smallest absolute Gasteiger partial charge is 0.191 e. The third-order valence-electron chi connectivity index (χ3n) is 6.36. The van der Waals surface area contributed by atoms with Crippen LogP contribution in [0.1, 0.15) is 57.1 Å². The average molecular weight is 341 g/mol. The highest BCUT2D eigenvalue weighted by Gasteiger charge is 2.53. The average Bonchev–Trinajstić information content (AvgIpc) is 3.56. The van der Waals surface area contributed by atoms with E-state index in [1.807, 2.05) is 7.05 Å². The molecule has 0 amide bonds. The molecule has 0 aromatic heterocycles. The minimum absolute atomic E-state index is 0.254. The maximum absolute atomic E-state index is 4.45. The summed E-state index contributed by atoms with van der Waals surface area (Å²) < 4.78 is 0. The molecule has 1 aromatic carbocycles. The van der Waals surface area contributed by atoms with E-state index < -0.39 is 0 Å². The Labute approximate surface area is 152 Å². The zero-order valence-electron chi connectivity index (χ0n) is 15.7. The summed E-state index contributed by atoms with van der Waals surface area (Å²) in [5.74, 6) is 1.92. The molecule has 1 unspecified atom stereocenters. The number of hydrogen-bond donors (Lipinski definition) is 2. The third kappa shape index (κ3) is 3.78. The first kappa shape index (κ1) is 16.7. The molecule has 0 spiro atoms. The zero-order valence-corrected chi connectivity index (χ0v) is 15.7. The molecule has 1 saturated heterocycles. The van der Waals surface area contributed by atoms with Gasteiger partial charge >= 0.3 is 0 Å². The summed E-state index contributed by atoms with van der Waals surface area (Å²) in [7, 11) is 1.87. The molecule has 2 saturated carbocycles. The minimum atomic E-state index is 0.254. The largest absolute Gasteiger partial charge is 0.372 e. The maximum atomic E-state index is 4.45. The minimum Gasteiger partial charge on any atom is -0.372 e. The Bertz CT molecular complexity index is 625. The van der Waals surface area contributed by atoms with Gasteiger partial charge in [-0.2, -0.15) is 0 Å². The maximum Gasteiger partial charge on any atom is 0.191 e. The van der Waals surface area contributed by atoms with Crippen LogP contribution in [-0.2, 0) is 0 Å². The Morgan fingerprint density at radius 3 is 2.68 bits per heavy atom. The van der Waals surface area contributed by atoms with Crippen molar-refractivity contribution in [3.8, 4) is 0 Å². The first-order valence-electron chi connectivity index (χ1n) is 10.0. The Kier molecular flexibility index (Phi) is 4.61. The van der Waals surface area contributed by atoms with Crippen LogP contribution in [0.15, 0.2) is 29.3 Å². The number of rotatable bonds is 6. The molecule has 2 aliphatic carbocycles. The van der Waals surface area contributed by atoms with Crippen molar-refractivity contribution in [1.29, 1.82) is 0 Å². The van der Waals surface area contributed by atoms with Crippen molar-refractivity contribution in [2.75, 3.05) is 31.6 Å². The molecule has 3 aliphatic rings. The highest BCUT2D eigenvalue weighted by molar-refractivity contribution is 5.80. The van der Waals surface area contributed by atoms with Gasteiger partial charge < -0.3 is 15.5 Å². The van der Waals surface area contributed by atoms with Gasteiger partial charge in [-0.15, -0.1) is 0 Å². The van der Waals surface area contributed by atoms with Gasteiger partial charge in [-0.05, 0) is 74.5 Å². The van der Waals surface area contributed by atoms with Crippen LogP contribution in [0, 0.1) is 11.3 Å². The van der Waals surface area contributed by atoms with Crippen molar-refractivity contribution in [2.45, 2.75) is 51.5 Å². The number of nitrogens with one attached hydrogen (secondary N) is 2. The van der Waals surface area contributed by atoms with Crippen LogP contribution >= 0.6 is 0 Å². The first-order valence-corrected chi connectivity index (χ1v) is 10.0. The fraction of sp³-hybridized carbons (Fsp3) is 0.667. The second kappa shape index (κ2) is 6.89. The van der Waals surface area contributed by atoms with Crippen molar-refractivity contribution >= 4 is 11.6 Å². The predicted octanol–water partition coefficient (Wildman–Crippen LogP) is 3.70. The molecule has 0 radical (unpaired) electrons. The van der Waals surface area contributed by atoms with Gasteiger partial charge in [0, 0.05) is 32.4 Å². The summed E-state index contributed by atoms with van der Waals surface area (Å²) in [5.41, 5.74) is 3.28. The van der Waals surface area contributed by atoms with Crippen molar-refractivity contribution in [3.05, 3.63) is 29.8 Å². The van der Waals surface area contributed by atoms with E-state index >= 15 is 0 Å². The lowest BCUT2D eigenvalue weighted by molar-refractivity contribution is 0.430. The van der Waals surface area contributed by atoms with E-state index in [1.54, 1.807) is 0 Å². The molecule has 3 fully saturated rings. The second-order valence-corrected chi connectivity index (χ2v) is 8.22. The predicted molar refractivity (Wildman–Crippen MR) is 105 cm³/mol. The summed E-state index contributed by atoms with van der Waals surface area (Å²) in [5, 5.41) is 7.17. The quantitative estimate of drug-likeness (QED) is 0.613. The van der Waals surface area contributed by atoms with Crippen molar-refractivity contribution in [1.82, 2.24) is 10.6 Å². The molecule has 4 heteroatoms. The van der Waals surface area contributed by atoms with E-state index in [-0.39, 0.29) is 6.04 Å². The molecule has 1 aromatic rings. The molecule has 4 nitrogen and oxygen atoms in total. The standard InChI is InChI=1S/C21H32N4/c1-16(17-6-5-7-19(14-17)25-12-3-4-13-25)24-20(22-2)23-15-21(10-11-21)18-8-9-18/h5-7,14,16,18H,3-4,8-13,15H2,1-2H3,(H2,22,23,24). The lowest BCUT2D eigenvalue weighted by Crippen LogP contribution is -2.41. The molecule has 1 atom stereocenters. The SMILES string of the molecule is CN=C(NCC1(C2CC2)CC1)NC(C)c1cccc(N2CCCC2)c1. The number of anilines is 1. The van der Waals surface area contributed by atoms with Gasteiger partial charge in [-0.25, -0.2) is 0 Å². The molecule has 4 rings (SSSR count). The third-order valence-corrected chi connectivity index (χ3v) is 6.36. The van der Waals surface area contributed by atoms with Crippen LogP contribution < -0.4 is 15.5 Å². The highest BCUT2D eigenvalue weighted by Crippen LogP contribution is 2.60. The van der Waals surface area contributed by atoms with Gasteiger partial charge in [0.05, 0.1) is 6.04 Å². The fourth-order valence-electron chi connectivity index (χ4n) is 4.29. The van der Waals surface area contributed by atoms with E-state index in [2.05, 4.69) is 51.7 Å². The van der Waals surface area contributed by atoms with Crippen LogP contribution in [0.4, 0.5) is 5.69 Å². The van der Waals surface area contributed by atoms with E-state index in [4.69, 9.17) is 0 Å². The van der Waals surface area contributed by atoms with Crippen LogP contribution in [0.5, 0.6) is 0 Å². The summed E-state index contributed by atoms with van der Waals surface area (Å²) in [6, 6.07) is 9.23. The van der Waals surface area contributed by atoms with Gasteiger partial charge in [0.2, 0.25) is 0 Å². The van der Waals surface area contributed by atoms with E-state index in [0.717, 1.165) is 18.4 Å². The monoisotopic (exact) mass is 340 g/mol. The fourth-order valence-corrected chi connectivity index (χ4v) is 4.29. The van der Waals surface area contributed by atoms with Crippen molar-refractivity contribution in [2.24, 2.45) is 16.3 Å². The Balaban J connectivity index is 1.35. The lowest BCUT2D eigenvalue weighted by Gasteiger charge is -2.23. The Hall–Kier alpha value is -1.71. The summed E-state index contributed by atoms with van der Waals surface area (Å²) in [6.45, 7) is 5.69. The highest BCUT2D eigenvalue weighted by atomic mass is 15.2. The number of hydrogen-bond acceptors (Lipinski definition) is 2. The normalized spacial score (nSPS) is 23.4. The summed E-state index contributed by atoms with van der Waals surface area (Å²) >= 11 is 0. The van der Waals surface area contributed by atoms with Crippen LogP contribution in [0.25, 0.3) is 0 Å². The molecule has 25 heavy (non-hydrogen) atoms. The van der Waals surface area contributed by atoms with Crippen LogP contribution in [0.3, 0.4) is 0 Å². The number of benzene rings is 1. The lowest BCUT2D eigenvalue weighted by atomic mass is 10.0. The molecular formula is C21H32N4. The van der Waals surface area contributed by atoms with Crippen molar-refractivity contribution in [3.63, 3.8) is 0 Å². The molecule has 0 bridgehead atoms. The van der Waals surface area contributed by atoms with E-state index in [0.29, 0.717) is 5.41 Å². The van der Waals surface area contributed by atoms with Gasteiger partial charge in [-0.3, -0.25) is 4.99 Å². The molecule has 136 valence electrons. The topological polar surface area (TPSA) is 39.7 Å². The van der Waals surface area contributed by atoms with Crippen LogP contribution in [-0.4, -0.2) is 32.6 Å². The number of guanidine groups is 1. The van der Waals surface area contributed by atoms with Gasteiger partial charge in [0.1, 0.15) is 0 Å². The van der Waals surface area contributed by atoms with Crippen molar-refractivity contribution < 1.29 is 0 Å². The second-order valence-electron chi connectivity index (χ2n) is 8.22.